The molecule has 1 aromatic rings. The molecular formula is C11H11BrO3S. The van der Waals surface area contributed by atoms with Gasteiger partial charge in [0, 0.05) is 10.5 Å². The highest BCUT2D eigenvalue weighted by Crippen LogP contribution is 2.34. The molecule has 0 aliphatic carbocycles. The molecule has 0 saturated carbocycles. The lowest BCUT2D eigenvalue weighted by Gasteiger charge is -2.14. The zero-order valence-electron chi connectivity index (χ0n) is 8.86. The van der Waals surface area contributed by atoms with Gasteiger partial charge in [-0.1, -0.05) is 22.0 Å². The van der Waals surface area contributed by atoms with Gasteiger partial charge < -0.3 is 5.11 Å². The Morgan fingerprint density at radius 1 is 1.44 bits per heavy atom. The van der Waals surface area contributed by atoms with Gasteiger partial charge in [-0.05, 0) is 25.3 Å². The Morgan fingerprint density at radius 2 is 2.06 bits per heavy atom. The minimum absolute atomic E-state index is 0.107. The van der Waals surface area contributed by atoms with Crippen molar-refractivity contribution in [3.63, 3.8) is 0 Å². The minimum atomic E-state index is -1.02. The molecule has 1 atom stereocenters. The zero-order chi connectivity index (χ0) is 12.3. The number of carboxylic acids is 1. The van der Waals surface area contributed by atoms with Crippen molar-refractivity contribution in [2.75, 3.05) is 6.26 Å². The van der Waals surface area contributed by atoms with Crippen LogP contribution in [0.25, 0.3) is 0 Å². The van der Waals surface area contributed by atoms with Gasteiger partial charge in [0.15, 0.2) is 0 Å². The molecule has 16 heavy (non-hydrogen) atoms. The van der Waals surface area contributed by atoms with Crippen LogP contribution in [-0.4, -0.2) is 23.1 Å². The standard InChI is InChI=1S/C11H11BrO3S/c1-6(13)10(12)9-7(11(14)15)4-3-5-8(9)16-2/h3-5,10H,1-2H3,(H,14,15). The van der Waals surface area contributed by atoms with E-state index in [1.165, 1.54) is 24.8 Å². The van der Waals surface area contributed by atoms with E-state index in [1.54, 1.807) is 6.07 Å². The molecule has 0 heterocycles. The highest BCUT2D eigenvalue weighted by atomic mass is 79.9. The third kappa shape index (κ3) is 2.65. The molecule has 3 nitrogen and oxygen atoms in total. The highest BCUT2D eigenvalue weighted by molar-refractivity contribution is 9.09. The van der Waals surface area contributed by atoms with Crippen LogP contribution in [0.3, 0.4) is 0 Å². The third-order valence-corrected chi connectivity index (χ3v) is 4.03. The van der Waals surface area contributed by atoms with Gasteiger partial charge in [0.25, 0.3) is 0 Å². The molecule has 0 amide bonds. The molecule has 1 N–H and O–H groups in total. The summed E-state index contributed by atoms with van der Waals surface area (Å²) in [5.74, 6) is -1.12. The molecule has 1 unspecified atom stereocenters. The number of carbonyl (C=O) groups is 2. The summed E-state index contributed by atoms with van der Waals surface area (Å²) in [6.45, 7) is 1.43. The molecule has 0 spiro atoms. The maximum atomic E-state index is 11.3. The lowest BCUT2D eigenvalue weighted by Crippen LogP contribution is -2.10. The van der Waals surface area contributed by atoms with Crippen molar-refractivity contribution in [2.24, 2.45) is 0 Å². The Morgan fingerprint density at radius 3 is 2.50 bits per heavy atom. The van der Waals surface area contributed by atoms with E-state index in [2.05, 4.69) is 15.9 Å². The van der Waals surface area contributed by atoms with E-state index >= 15 is 0 Å². The van der Waals surface area contributed by atoms with Crippen molar-refractivity contribution in [3.8, 4) is 0 Å². The summed E-state index contributed by atoms with van der Waals surface area (Å²) in [5, 5.41) is 9.07. The molecule has 1 aromatic carbocycles. The summed E-state index contributed by atoms with van der Waals surface area (Å²) in [7, 11) is 0. The molecule has 1 rings (SSSR count). The van der Waals surface area contributed by atoms with Crippen LogP contribution in [0.5, 0.6) is 0 Å². The van der Waals surface area contributed by atoms with Crippen molar-refractivity contribution in [2.45, 2.75) is 16.6 Å². The molecule has 0 aliphatic heterocycles. The number of Topliss-reactive ketones (excluding diaryl/α,β-unsaturated/α-hetero) is 1. The largest absolute Gasteiger partial charge is 0.478 e. The van der Waals surface area contributed by atoms with Gasteiger partial charge in [0.2, 0.25) is 0 Å². The number of aromatic carboxylic acids is 1. The minimum Gasteiger partial charge on any atom is -0.478 e. The molecule has 0 aromatic heterocycles. The lowest BCUT2D eigenvalue weighted by molar-refractivity contribution is -0.116. The molecule has 0 bridgehead atoms. The molecule has 0 fully saturated rings. The van der Waals surface area contributed by atoms with Crippen LogP contribution in [0.1, 0.15) is 27.7 Å². The Hall–Kier alpha value is -0.810. The van der Waals surface area contributed by atoms with Crippen LogP contribution in [-0.2, 0) is 4.79 Å². The van der Waals surface area contributed by atoms with Crippen LogP contribution in [0.4, 0.5) is 0 Å². The summed E-state index contributed by atoms with van der Waals surface area (Å²) >= 11 is 4.66. The number of carboxylic acid groups (broad SMARTS) is 1. The van der Waals surface area contributed by atoms with Gasteiger partial charge in [0.1, 0.15) is 5.78 Å². The van der Waals surface area contributed by atoms with E-state index in [4.69, 9.17) is 5.11 Å². The average Bonchev–Trinajstić information content (AvgIpc) is 2.26. The molecule has 86 valence electrons. The second kappa shape index (κ2) is 5.50. The Bertz CT molecular complexity index is 431. The Kier molecular flexibility index (Phi) is 4.56. The van der Waals surface area contributed by atoms with Crippen LogP contribution < -0.4 is 0 Å². The molecule has 0 saturated heterocycles. The number of ketones is 1. The van der Waals surface area contributed by atoms with Crippen LogP contribution >= 0.6 is 27.7 Å². The molecule has 0 radical (unpaired) electrons. The smallest absolute Gasteiger partial charge is 0.336 e. The second-order valence-corrected chi connectivity index (χ2v) is 4.96. The van der Waals surface area contributed by atoms with E-state index < -0.39 is 10.8 Å². The van der Waals surface area contributed by atoms with Crippen molar-refractivity contribution >= 4 is 39.4 Å². The Balaban J connectivity index is 3.41. The molecule has 5 heteroatoms. The third-order valence-electron chi connectivity index (χ3n) is 2.13. The van der Waals surface area contributed by atoms with E-state index in [9.17, 15) is 9.59 Å². The van der Waals surface area contributed by atoms with Gasteiger partial charge in [-0.3, -0.25) is 4.79 Å². The lowest BCUT2D eigenvalue weighted by atomic mass is 10.0. The van der Waals surface area contributed by atoms with Gasteiger partial charge >= 0.3 is 5.97 Å². The summed E-state index contributed by atoms with van der Waals surface area (Å²) in [4.78, 5) is 22.6. The Labute approximate surface area is 106 Å². The van der Waals surface area contributed by atoms with Gasteiger partial charge in [0.05, 0.1) is 10.4 Å². The van der Waals surface area contributed by atoms with Gasteiger partial charge in [-0.15, -0.1) is 11.8 Å². The maximum Gasteiger partial charge on any atom is 0.336 e. The van der Waals surface area contributed by atoms with Crippen molar-refractivity contribution < 1.29 is 14.7 Å². The summed E-state index contributed by atoms with van der Waals surface area (Å²) < 4.78 is 0. The number of hydrogen-bond acceptors (Lipinski definition) is 3. The van der Waals surface area contributed by atoms with E-state index in [0.29, 0.717) is 5.56 Å². The normalized spacial score (nSPS) is 12.2. The fraction of sp³-hybridized carbons (Fsp3) is 0.273. The highest BCUT2D eigenvalue weighted by Gasteiger charge is 2.23. The number of halogens is 1. The predicted octanol–water partition coefficient (Wildman–Crippen LogP) is 3.13. The van der Waals surface area contributed by atoms with E-state index in [1.807, 2.05) is 12.3 Å². The fourth-order valence-electron chi connectivity index (χ4n) is 1.37. The first-order valence-corrected chi connectivity index (χ1v) is 6.67. The number of alkyl halides is 1. The maximum absolute atomic E-state index is 11.3. The summed E-state index contributed by atoms with van der Waals surface area (Å²) in [6.07, 6.45) is 1.85. The van der Waals surface area contributed by atoms with Crippen molar-refractivity contribution in [1.82, 2.24) is 0 Å². The van der Waals surface area contributed by atoms with Gasteiger partial charge in [-0.2, -0.15) is 0 Å². The van der Waals surface area contributed by atoms with Crippen molar-refractivity contribution in [1.29, 1.82) is 0 Å². The van der Waals surface area contributed by atoms with Crippen LogP contribution in [0, 0.1) is 0 Å². The first-order chi connectivity index (χ1) is 7.49. The van der Waals surface area contributed by atoms with Crippen LogP contribution in [0.2, 0.25) is 0 Å². The first kappa shape index (κ1) is 13.3. The number of rotatable bonds is 4. The first-order valence-electron chi connectivity index (χ1n) is 4.53. The number of carbonyl (C=O) groups excluding carboxylic acids is 1. The zero-order valence-corrected chi connectivity index (χ0v) is 11.3. The predicted molar refractivity (Wildman–Crippen MR) is 67.5 cm³/mol. The van der Waals surface area contributed by atoms with E-state index in [0.717, 1.165) is 4.90 Å². The topological polar surface area (TPSA) is 54.4 Å². The van der Waals surface area contributed by atoms with E-state index in [-0.39, 0.29) is 11.3 Å². The van der Waals surface area contributed by atoms with Crippen molar-refractivity contribution in [3.05, 3.63) is 29.3 Å². The average molecular weight is 303 g/mol. The number of benzene rings is 1. The number of hydrogen-bond donors (Lipinski definition) is 1. The molecule has 0 aliphatic rings. The quantitative estimate of drug-likeness (QED) is 0.686. The molecular weight excluding hydrogens is 292 g/mol. The van der Waals surface area contributed by atoms with Crippen LogP contribution in [0.15, 0.2) is 23.1 Å². The SMILES string of the molecule is CSc1cccc(C(=O)O)c1C(Br)C(C)=O. The monoisotopic (exact) mass is 302 g/mol. The van der Waals surface area contributed by atoms with Gasteiger partial charge in [-0.25, -0.2) is 4.79 Å². The fourth-order valence-corrected chi connectivity index (χ4v) is 2.68. The number of thioether (sulfide) groups is 1. The summed E-state index contributed by atoms with van der Waals surface area (Å²) in [5.41, 5.74) is 0.707. The second-order valence-electron chi connectivity index (χ2n) is 3.20. The summed E-state index contributed by atoms with van der Waals surface area (Å²) in [6, 6.07) is 5.00.